The fourth-order valence-corrected chi connectivity index (χ4v) is 9.18. The van der Waals surface area contributed by atoms with E-state index < -0.39 is 126 Å². The standard InChI is InChI=1S/C50H70N8O13/c1-9-27(4)40-45(65)51-34-21-22-38(62)58(48(34)68)37(25-31-14-11-10-12-15-31)49(69)56(8)36(24-32-17-19-33(61)20-18-32)44(64)52-39(26(2)3)50(70)71-29(6)42(47(67)53-40)55-46(66)41(28(5)59)54-43(63)35-16-13-23-57(35)30(7)60/h10-12,14-15,17-20,26-29,34-42,59,61-62H,9,13,16,21-25H2,1-8H3,(H,51,65)(H,52,64)(H,53,67)(H,54,63)(H,55,66)/t27-,28+,29+,34+,35-,36-,37-,38-,39-,40-,41-,42-/m0/s1. The molecule has 3 aliphatic rings. The zero-order valence-corrected chi connectivity index (χ0v) is 41.6. The summed E-state index contributed by atoms with van der Waals surface area (Å²) in [6, 6.07) is 3.23. The van der Waals surface area contributed by atoms with Crippen LogP contribution in [0, 0.1) is 11.8 Å². The first kappa shape index (κ1) is 55.3. The number of piperidine rings is 1. The number of ether oxygens (including phenoxy) is 1. The number of aliphatic hydroxyl groups excluding tert-OH is 2. The van der Waals surface area contributed by atoms with Gasteiger partial charge in [0.05, 0.1) is 6.10 Å². The first-order valence-corrected chi connectivity index (χ1v) is 24.3. The van der Waals surface area contributed by atoms with E-state index in [4.69, 9.17) is 4.74 Å². The Morgan fingerprint density at radius 3 is 2.03 bits per heavy atom. The average Bonchev–Trinajstić information content (AvgIpc) is 3.84. The number of carbonyl (C=O) groups excluding carboxylic acids is 9. The Balaban J connectivity index is 1.60. The molecule has 0 aromatic heterocycles. The summed E-state index contributed by atoms with van der Waals surface area (Å²) >= 11 is 0. The third-order valence-corrected chi connectivity index (χ3v) is 13.7. The molecule has 21 nitrogen and oxygen atoms in total. The van der Waals surface area contributed by atoms with Crippen molar-refractivity contribution >= 4 is 53.2 Å². The highest BCUT2D eigenvalue weighted by molar-refractivity contribution is 5.99. The monoisotopic (exact) mass is 991 g/mol. The Hall–Kier alpha value is -6.61. The van der Waals surface area contributed by atoms with Gasteiger partial charge in [-0.1, -0.05) is 76.6 Å². The minimum Gasteiger partial charge on any atom is -0.508 e. The predicted octanol–water partition coefficient (Wildman–Crippen LogP) is -0.223. The molecule has 3 fully saturated rings. The lowest BCUT2D eigenvalue weighted by Crippen LogP contribution is -2.66. The van der Waals surface area contributed by atoms with Crippen LogP contribution in [0.3, 0.4) is 0 Å². The Kier molecular flexibility index (Phi) is 19.1. The Morgan fingerprint density at radius 1 is 0.803 bits per heavy atom. The van der Waals surface area contributed by atoms with Crippen LogP contribution < -0.4 is 26.6 Å². The largest absolute Gasteiger partial charge is 0.508 e. The highest BCUT2D eigenvalue weighted by atomic mass is 16.5. The average molecular weight is 991 g/mol. The SMILES string of the molecule is CC[C@H](C)[C@@H]1NC(=O)[C@@H](NC(=O)[C@@H](NC(=O)[C@@H]2CCCN2C(C)=O)[C@@H](C)O)[C@@H](C)OC(=O)[C@H](C(C)C)NC(=O)[C@H](Cc2ccc(O)cc2)N(C)C(=O)[C@H](Cc2ccccc2)N2C(=O)[C@@H](CC[C@@H]2O)NC1=O. The minimum absolute atomic E-state index is 0.0584. The molecule has 5 rings (SSSR count). The van der Waals surface area contributed by atoms with Crippen LogP contribution in [0.25, 0.3) is 0 Å². The summed E-state index contributed by atoms with van der Waals surface area (Å²) in [5.41, 5.74) is 1.11. The highest BCUT2D eigenvalue weighted by Crippen LogP contribution is 2.26. The van der Waals surface area contributed by atoms with Crippen LogP contribution in [-0.2, 0) is 60.7 Å². The summed E-state index contributed by atoms with van der Waals surface area (Å²) in [7, 11) is 1.36. The molecule has 8 amide bonds. The van der Waals surface area contributed by atoms with Crippen molar-refractivity contribution in [2.45, 2.75) is 160 Å². The van der Waals surface area contributed by atoms with E-state index in [1.165, 1.54) is 44.9 Å². The van der Waals surface area contributed by atoms with Crippen molar-refractivity contribution < 1.29 is 63.2 Å². The lowest BCUT2D eigenvalue weighted by Gasteiger charge is -2.43. The van der Waals surface area contributed by atoms with Gasteiger partial charge in [-0.05, 0) is 74.6 Å². The minimum atomic E-state index is -1.82. The number of hydrogen-bond acceptors (Lipinski definition) is 13. The topological polar surface area (TPSA) is 293 Å². The summed E-state index contributed by atoms with van der Waals surface area (Å²) in [5, 5.41) is 45.5. The fraction of sp³-hybridized carbons (Fsp3) is 0.580. The van der Waals surface area contributed by atoms with Gasteiger partial charge >= 0.3 is 5.97 Å². The molecule has 12 atom stereocenters. The van der Waals surface area contributed by atoms with Crippen LogP contribution in [0.5, 0.6) is 5.75 Å². The van der Waals surface area contributed by atoms with E-state index in [0.717, 1.165) is 9.80 Å². The molecule has 3 saturated heterocycles. The number of aliphatic hydroxyl groups is 2. The molecular formula is C50H70N8O13. The number of nitrogens with zero attached hydrogens (tertiary/aromatic N) is 3. The van der Waals surface area contributed by atoms with E-state index in [0.29, 0.717) is 36.9 Å². The van der Waals surface area contributed by atoms with Gasteiger partial charge in [-0.15, -0.1) is 0 Å². The van der Waals surface area contributed by atoms with Gasteiger partial charge in [0.1, 0.15) is 66.4 Å². The third-order valence-electron chi connectivity index (χ3n) is 13.7. The number of likely N-dealkylation sites (N-methyl/N-ethyl adjacent to an activating group) is 1. The maximum atomic E-state index is 15.0. The zero-order chi connectivity index (χ0) is 52.4. The Morgan fingerprint density at radius 2 is 1.42 bits per heavy atom. The van der Waals surface area contributed by atoms with Gasteiger partial charge < -0.3 is 61.3 Å². The maximum absolute atomic E-state index is 15.0. The van der Waals surface area contributed by atoms with Crippen LogP contribution >= 0.6 is 0 Å². The summed E-state index contributed by atoms with van der Waals surface area (Å²) in [6.07, 6.45) is -3.88. The second kappa shape index (κ2) is 24.5. The van der Waals surface area contributed by atoms with Crippen LogP contribution in [0.1, 0.15) is 91.7 Å². The van der Waals surface area contributed by atoms with Crippen molar-refractivity contribution in [3.8, 4) is 5.75 Å². The molecular weight excluding hydrogens is 921 g/mol. The maximum Gasteiger partial charge on any atom is 0.329 e. The number of fused-ring (bicyclic) bond motifs is 2. The molecule has 2 aromatic carbocycles. The molecule has 8 N–H and O–H groups in total. The summed E-state index contributed by atoms with van der Waals surface area (Å²) in [4.78, 5) is 131. The number of carbonyl (C=O) groups is 9. The van der Waals surface area contributed by atoms with Gasteiger partial charge in [-0.2, -0.15) is 0 Å². The predicted molar refractivity (Wildman–Crippen MR) is 256 cm³/mol. The first-order chi connectivity index (χ1) is 33.5. The first-order valence-electron chi connectivity index (χ1n) is 24.3. The molecule has 3 aliphatic heterocycles. The van der Waals surface area contributed by atoms with E-state index in [1.54, 1.807) is 70.2 Å². The zero-order valence-electron chi connectivity index (χ0n) is 41.6. The molecule has 2 aromatic rings. The number of hydrogen-bond donors (Lipinski definition) is 8. The number of phenolic OH excluding ortho intramolecular Hbond substituents is 1. The lowest BCUT2D eigenvalue weighted by molar-refractivity contribution is -0.165. The molecule has 0 radical (unpaired) electrons. The molecule has 21 heteroatoms. The second-order valence-electron chi connectivity index (χ2n) is 19.2. The Labute approximate surface area is 413 Å². The Bertz CT molecular complexity index is 2260. The van der Waals surface area contributed by atoms with E-state index in [1.807, 2.05) is 0 Å². The number of benzene rings is 2. The third kappa shape index (κ3) is 13.6. The number of nitrogens with one attached hydrogen (secondary N) is 5. The van der Waals surface area contributed by atoms with E-state index in [2.05, 4.69) is 26.6 Å². The molecule has 0 aliphatic carbocycles. The molecule has 388 valence electrons. The number of esters is 1. The molecule has 3 heterocycles. The van der Waals surface area contributed by atoms with Gasteiger partial charge in [0.2, 0.25) is 47.3 Å². The van der Waals surface area contributed by atoms with Crippen molar-refractivity contribution in [3.63, 3.8) is 0 Å². The summed E-state index contributed by atoms with van der Waals surface area (Å²) in [6.45, 7) is 10.8. The highest BCUT2D eigenvalue weighted by Gasteiger charge is 2.46. The summed E-state index contributed by atoms with van der Waals surface area (Å²) < 4.78 is 5.88. The number of phenols is 1. The van der Waals surface area contributed by atoms with E-state index >= 15 is 4.79 Å². The van der Waals surface area contributed by atoms with Crippen molar-refractivity contribution in [1.82, 2.24) is 41.3 Å². The van der Waals surface area contributed by atoms with Gasteiger partial charge in [0.25, 0.3) is 0 Å². The number of rotatable bonds is 12. The van der Waals surface area contributed by atoms with Crippen molar-refractivity contribution in [1.29, 1.82) is 0 Å². The van der Waals surface area contributed by atoms with Gasteiger partial charge in [-0.25, -0.2) is 4.79 Å². The van der Waals surface area contributed by atoms with Crippen LogP contribution in [0.15, 0.2) is 54.6 Å². The number of aromatic hydroxyl groups is 1. The van der Waals surface area contributed by atoms with Crippen LogP contribution in [0.4, 0.5) is 0 Å². The van der Waals surface area contributed by atoms with Crippen molar-refractivity contribution in [3.05, 3.63) is 65.7 Å². The summed E-state index contributed by atoms with van der Waals surface area (Å²) in [5.74, 6) is -8.82. The fourth-order valence-electron chi connectivity index (χ4n) is 9.18. The smallest absolute Gasteiger partial charge is 0.329 e. The van der Waals surface area contributed by atoms with E-state index in [-0.39, 0.29) is 37.3 Å². The number of likely N-dealkylation sites (tertiary alicyclic amines) is 1. The molecule has 0 unspecified atom stereocenters. The van der Waals surface area contributed by atoms with Gasteiger partial charge in [-0.3, -0.25) is 38.4 Å². The van der Waals surface area contributed by atoms with Crippen molar-refractivity contribution in [2.75, 3.05) is 13.6 Å². The van der Waals surface area contributed by atoms with Gasteiger partial charge in [0.15, 0.2) is 0 Å². The quantitative estimate of drug-likeness (QED) is 0.128. The second-order valence-corrected chi connectivity index (χ2v) is 19.2. The number of cyclic esters (lactones) is 1. The van der Waals surface area contributed by atoms with Crippen LogP contribution in [0.2, 0.25) is 0 Å². The van der Waals surface area contributed by atoms with E-state index in [9.17, 15) is 53.7 Å². The van der Waals surface area contributed by atoms with Crippen molar-refractivity contribution in [2.24, 2.45) is 11.8 Å². The molecule has 0 saturated carbocycles. The molecule has 2 bridgehead atoms. The molecule has 0 spiro atoms. The lowest BCUT2D eigenvalue weighted by atomic mass is 9.94. The normalized spacial score (nSPS) is 27.5. The van der Waals surface area contributed by atoms with Crippen LogP contribution in [-0.4, -0.2) is 164 Å². The van der Waals surface area contributed by atoms with Gasteiger partial charge in [0, 0.05) is 33.4 Å². The number of amides is 8. The molecule has 71 heavy (non-hydrogen) atoms.